The zero-order valence-corrected chi connectivity index (χ0v) is 17.2. The highest BCUT2D eigenvalue weighted by atomic mass is 16.5. The van der Waals surface area contributed by atoms with Crippen LogP contribution in [-0.4, -0.2) is 30.9 Å². The highest BCUT2D eigenvalue weighted by Crippen LogP contribution is 2.32. The van der Waals surface area contributed by atoms with Gasteiger partial charge in [0.2, 0.25) is 0 Å². The number of hydrogen-bond acceptors (Lipinski definition) is 5. The number of fused-ring (bicyclic) bond motifs is 1. The minimum absolute atomic E-state index is 0.0465. The molecule has 7 heteroatoms. The minimum atomic E-state index is -0.598. The van der Waals surface area contributed by atoms with Crippen LogP contribution in [0.5, 0.6) is 11.5 Å². The summed E-state index contributed by atoms with van der Waals surface area (Å²) >= 11 is 0. The third kappa shape index (κ3) is 4.07. The molecule has 0 fully saturated rings. The molecular formula is C24H22N2O5. The molecule has 0 saturated carbocycles. The lowest BCUT2D eigenvalue weighted by molar-refractivity contribution is 0.0963. The number of carbonyl (C=O) groups excluding carboxylic acids is 2. The van der Waals surface area contributed by atoms with E-state index in [9.17, 15) is 14.4 Å². The number of Topliss-reactive ketones (excluding diaryl/α,β-unsaturated/α-hetero) is 1. The number of ketones is 1. The van der Waals surface area contributed by atoms with E-state index in [4.69, 9.17) is 9.47 Å². The van der Waals surface area contributed by atoms with Crippen molar-refractivity contribution in [2.24, 2.45) is 0 Å². The molecule has 158 valence electrons. The van der Waals surface area contributed by atoms with Gasteiger partial charge in [-0.15, -0.1) is 0 Å². The lowest BCUT2D eigenvalue weighted by atomic mass is 9.81. The summed E-state index contributed by atoms with van der Waals surface area (Å²) in [6.07, 6.45) is 0.815. The van der Waals surface area contributed by atoms with Crippen molar-refractivity contribution in [2.75, 3.05) is 19.5 Å². The average molecular weight is 418 g/mol. The molecule has 0 aliphatic heterocycles. The fraction of sp³-hybridized carbons (Fsp3) is 0.208. The molecule has 0 saturated heterocycles. The number of benzene rings is 2. The van der Waals surface area contributed by atoms with E-state index in [1.165, 1.54) is 13.2 Å². The first kappa shape index (κ1) is 20.4. The van der Waals surface area contributed by atoms with Crippen LogP contribution < -0.4 is 20.3 Å². The van der Waals surface area contributed by atoms with Gasteiger partial charge in [0.05, 0.1) is 19.9 Å². The van der Waals surface area contributed by atoms with Crippen LogP contribution in [-0.2, 0) is 6.42 Å². The first-order valence-electron chi connectivity index (χ1n) is 9.88. The van der Waals surface area contributed by atoms with Gasteiger partial charge in [-0.1, -0.05) is 24.3 Å². The van der Waals surface area contributed by atoms with Gasteiger partial charge in [-0.05, 0) is 48.2 Å². The molecule has 1 heterocycles. The van der Waals surface area contributed by atoms with Gasteiger partial charge in [0.15, 0.2) is 5.78 Å². The Morgan fingerprint density at radius 2 is 1.74 bits per heavy atom. The molecule has 31 heavy (non-hydrogen) atoms. The smallest absolute Gasteiger partial charge is 0.261 e. The predicted octanol–water partition coefficient (Wildman–Crippen LogP) is 3.56. The number of carbonyl (C=O) groups is 2. The number of methoxy groups -OCH3 is 2. The number of hydrogen-bond donors (Lipinski definition) is 2. The Bertz CT molecular complexity index is 1200. The summed E-state index contributed by atoms with van der Waals surface area (Å²) in [5.41, 5.74) is 1.73. The summed E-state index contributed by atoms with van der Waals surface area (Å²) in [5, 5.41) is 2.68. The summed E-state index contributed by atoms with van der Waals surface area (Å²) < 4.78 is 10.4. The molecule has 1 aliphatic carbocycles. The monoisotopic (exact) mass is 418 g/mol. The van der Waals surface area contributed by atoms with Crippen molar-refractivity contribution in [2.45, 2.75) is 18.8 Å². The molecule has 0 unspecified atom stereocenters. The molecule has 4 rings (SSSR count). The molecule has 1 atom stereocenters. The van der Waals surface area contributed by atoms with Crippen molar-refractivity contribution in [1.82, 2.24) is 4.98 Å². The van der Waals surface area contributed by atoms with Crippen LogP contribution >= 0.6 is 0 Å². The number of anilines is 1. The fourth-order valence-corrected chi connectivity index (χ4v) is 3.85. The van der Waals surface area contributed by atoms with Crippen LogP contribution in [0.1, 0.15) is 44.3 Å². The zero-order chi connectivity index (χ0) is 22.0. The quantitative estimate of drug-likeness (QED) is 0.660. The Kier molecular flexibility index (Phi) is 5.58. The van der Waals surface area contributed by atoms with E-state index in [0.717, 1.165) is 11.3 Å². The van der Waals surface area contributed by atoms with Crippen molar-refractivity contribution in [3.05, 3.63) is 87.3 Å². The molecule has 1 aliphatic rings. The van der Waals surface area contributed by atoms with E-state index in [1.54, 1.807) is 31.4 Å². The lowest BCUT2D eigenvalue weighted by Gasteiger charge is -2.24. The minimum Gasteiger partial charge on any atom is -0.497 e. The topological polar surface area (TPSA) is 97.5 Å². The standard InChI is InChI=1S/C24H22N2O5/c1-30-16-9-7-14(8-10-16)15-11-20-17(21(27)12-15)13-18(24(29)26-20)23(28)25-19-5-3-4-6-22(19)31-2/h3-10,13,15H,11-12H2,1-2H3,(H,25,28)(H,26,29)/t15-/m0/s1. The van der Waals surface area contributed by atoms with Gasteiger partial charge in [-0.3, -0.25) is 14.4 Å². The summed E-state index contributed by atoms with van der Waals surface area (Å²) in [7, 11) is 3.09. The number of nitrogens with one attached hydrogen (secondary N) is 2. The Morgan fingerprint density at radius 3 is 2.45 bits per heavy atom. The maximum absolute atomic E-state index is 12.8. The maximum Gasteiger partial charge on any atom is 0.261 e. The molecule has 0 radical (unpaired) electrons. The number of H-pyrrole nitrogens is 1. The van der Waals surface area contributed by atoms with Crippen LogP contribution in [0.4, 0.5) is 5.69 Å². The van der Waals surface area contributed by atoms with Crippen LogP contribution in [0.15, 0.2) is 59.4 Å². The van der Waals surface area contributed by atoms with Crippen LogP contribution in [0, 0.1) is 0 Å². The number of amides is 1. The Balaban J connectivity index is 1.60. The highest BCUT2D eigenvalue weighted by Gasteiger charge is 2.29. The summed E-state index contributed by atoms with van der Waals surface area (Å²) in [4.78, 5) is 41.0. The molecule has 3 aromatic rings. The Labute approximate surface area is 179 Å². The first-order chi connectivity index (χ1) is 15.0. The summed E-state index contributed by atoms with van der Waals surface area (Å²) in [5.74, 6) is 0.465. The molecule has 1 aromatic heterocycles. The number of ether oxygens (including phenoxy) is 2. The second-order valence-electron chi connectivity index (χ2n) is 7.36. The molecular weight excluding hydrogens is 396 g/mol. The lowest BCUT2D eigenvalue weighted by Crippen LogP contribution is -2.29. The van der Waals surface area contributed by atoms with Gasteiger partial charge >= 0.3 is 0 Å². The number of pyridine rings is 1. The summed E-state index contributed by atoms with van der Waals surface area (Å²) in [6, 6.07) is 15.8. The van der Waals surface area contributed by atoms with Crippen molar-refractivity contribution in [3.8, 4) is 11.5 Å². The van der Waals surface area contributed by atoms with Crippen molar-refractivity contribution >= 4 is 17.4 Å². The van der Waals surface area contributed by atoms with Crippen LogP contribution in [0.2, 0.25) is 0 Å². The molecule has 1 amide bonds. The number of para-hydroxylation sites is 2. The third-order valence-corrected chi connectivity index (χ3v) is 5.49. The zero-order valence-electron chi connectivity index (χ0n) is 17.2. The fourth-order valence-electron chi connectivity index (χ4n) is 3.85. The van der Waals surface area contributed by atoms with Gasteiger partial charge in [-0.2, -0.15) is 0 Å². The van der Waals surface area contributed by atoms with E-state index >= 15 is 0 Å². The van der Waals surface area contributed by atoms with Gasteiger partial charge in [0.25, 0.3) is 11.5 Å². The Morgan fingerprint density at radius 1 is 1.00 bits per heavy atom. The second kappa shape index (κ2) is 8.47. The largest absolute Gasteiger partial charge is 0.497 e. The van der Waals surface area contributed by atoms with Gasteiger partial charge in [-0.25, -0.2) is 0 Å². The average Bonchev–Trinajstić information content (AvgIpc) is 2.79. The number of aromatic nitrogens is 1. The molecule has 0 spiro atoms. The van der Waals surface area contributed by atoms with Crippen LogP contribution in [0.25, 0.3) is 0 Å². The molecule has 2 aromatic carbocycles. The third-order valence-electron chi connectivity index (χ3n) is 5.49. The van der Waals surface area contributed by atoms with Gasteiger partial charge in [0.1, 0.15) is 17.1 Å². The van der Waals surface area contributed by atoms with Crippen molar-refractivity contribution in [3.63, 3.8) is 0 Å². The van der Waals surface area contributed by atoms with E-state index < -0.39 is 11.5 Å². The number of aromatic amines is 1. The molecule has 0 bridgehead atoms. The molecule has 7 nitrogen and oxygen atoms in total. The van der Waals surface area contributed by atoms with E-state index in [1.807, 2.05) is 24.3 Å². The summed E-state index contributed by atoms with van der Waals surface area (Å²) in [6.45, 7) is 0. The Hall–Kier alpha value is -3.87. The highest BCUT2D eigenvalue weighted by molar-refractivity contribution is 6.07. The first-order valence-corrected chi connectivity index (χ1v) is 9.88. The normalized spacial score (nSPS) is 15.2. The number of rotatable bonds is 5. The van der Waals surface area contributed by atoms with E-state index in [-0.39, 0.29) is 17.3 Å². The van der Waals surface area contributed by atoms with Crippen LogP contribution in [0.3, 0.4) is 0 Å². The van der Waals surface area contributed by atoms with E-state index in [2.05, 4.69) is 10.3 Å². The van der Waals surface area contributed by atoms with E-state index in [0.29, 0.717) is 35.5 Å². The predicted molar refractivity (Wildman–Crippen MR) is 116 cm³/mol. The maximum atomic E-state index is 12.8. The van der Waals surface area contributed by atoms with Crippen molar-refractivity contribution < 1.29 is 19.1 Å². The van der Waals surface area contributed by atoms with Gasteiger partial charge in [0, 0.05) is 17.7 Å². The van der Waals surface area contributed by atoms with Crippen molar-refractivity contribution in [1.29, 1.82) is 0 Å². The SMILES string of the molecule is COc1ccc([C@@H]2CC(=O)c3cc(C(=O)Nc4ccccc4OC)c(=O)[nH]c3C2)cc1. The molecule has 2 N–H and O–H groups in total. The second-order valence-corrected chi connectivity index (χ2v) is 7.36. The van der Waals surface area contributed by atoms with Gasteiger partial charge < -0.3 is 19.8 Å².